The number of aromatic amines is 1. The van der Waals surface area contributed by atoms with Crippen LogP contribution in [0.3, 0.4) is 0 Å². The fourth-order valence-corrected chi connectivity index (χ4v) is 3.11. The summed E-state index contributed by atoms with van der Waals surface area (Å²) in [4.78, 5) is 15.3. The average Bonchev–Trinajstić information content (AvgIpc) is 3.27. The van der Waals surface area contributed by atoms with Crippen molar-refractivity contribution in [2.45, 2.75) is 9.99 Å². The Morgan fingerprint density at radius 1 is 1.28 bits per heavy atom. The first-order valence-corrected chi connectivity index (χ1v) is 8.26. The van der Waals surface area contributed by atoms with Gasteiger partial charge in [-0.15, -0.1) is 0 Å². The van der Waals surface area contributed by atoms with E-state index in [4.69, 9.17) is 4.42 Å². The van der Waals surface area contributed by atoms with Gasteiger partial charge in [-0.25, -0.2) is 17.8 Å². The fraction of sp³-hybridized carbons (Fsp3) is 0. The highest BCUT2D eigenvalue weighted by atomic mass is 32.2. The zero-order valence-electron chi connectivity index (χ0n) is 12.4. The molecule has 1 aromatic carbocycles. The molecule has 2 aromatic heterocycles. The molecule has 0 fully saturated rings. The molecule has 10 heteroatoms. The Bertz CT molecular complexity index is 1040. The van der Waals surface area contributed by atoms with E-state index in [0.29, 0.717) is 0 Å². The van der Waals surface area contributed by atoms with E-state index in [-0.39, 0.29) is 16.3 Å². The van der Waals surface area contributed by atoms with E-state index >= 15 is 0 Å². The molecule has 3 rings (SSSR count). The van der Waals surface area contributed by atoms with Gasteiger partial charge in [0.15, 0.2) is 5.82 Å². The summed E-state index contributed by atoms with van der Waals surface area (Å²) in [5.41, 5.74) is -0.0199. The molecule has 2 heterocycles. The zero-order valence-corrected chi connectivity index (χ0v) is 13.2. The highest BCUT2D eigenvalue weighted by Crippen LogP contribution is 2.25. The van der Waals surface area contributed by atoms with Crippen LogP contribution in [-0.4, -0.2) is 34.5 Å². The summed E-state index contributed by atoms with van der Waals surface area (Å²) in [5, 5.41) is 15.3. The largest absolute Gasteiger partial charge is 0.507 e. The van der Waals surface area contributed by atoms with Gasteiger partial charge < -0.3 is 9.52 Å². The third kappa shape index (κ3) is 3.33. The van der Waals surface area contributed by atoms with Crippen LogP contribution in [0.25, 0.3) is 5.76 Å². The topological polar surface area (TPSA) is 126 Å². The lowest BCUT2D eigenvalue weighted by atomic mass is 10.2. The minimum Gasteiger partial charge on any atom is -0.507 e. The lowest BCUT2D eigenvalue weighted by Gasteiger charge is -2.00. The molecule has 0 unspecified atom stereocenters. The van der Waals surface area contributed by atoms with E-state index in [1.54, 1.807) is 0 Å². The van der Waals surface area contributed by atoms with Gasteiger partial charge in [-0.05, 0) is 24.3 Å². The number of furan rings is 1. The van der Waals surface area contributed by atoms with Crippen LogP contribution >= 0.6 is 0 Å². The van der Waals surface area contributed by atoms with Crippen molar-refractivity contribution in [3.63, 3.8) is 0 Å². The molecule has 0 saturated carbocycles. The molecule has 8 nitrogen and oxygen atoms in total. The van der Waals surface area contributed by atoms with Gasteiger partial charge in [0.25, 0.3) is 0 Å². The standard InChI is InChI=1S/C15H10FN3O5S/c16-10-1-3-11(4-2-10)25(22,23)14-5-9(7-24-14)12(20)6-13(21)15-17-8-18-19-15/h1-8,20H,(H,17,18,19). The van der Waals surface area contributed by atoms with Gasteiger partial charge in [0, 0.05) is 12.1 Å². The number of ketones is 1. The first-order chi connectivity index (χ1) is 11.9. The zero-order chi connectivity index (χ0) is 18.0. The van der Waals surface area contributed by atoms with E-state index in [9.17, 15) is 22.7 Å². The third-order valence-electron chi connectivity index (χ3n) is 3.18. The molecule has 3 aromatic rings. The molecule has 25 heavy (non-hydrogen) atoms. The van der Waals surface area contributed by atoms with Gasteiger partial charge >= 0.3 is 0 Å². The Balaban J connectivity index is 1.89. The summed E-state index contributed by atoms with van der Waals surface area (Å²) >= 11 is 0. The van der Waals surface area contributed by atoms with Crippen LogP contribution in [0, 0.1) is 5.82 Å². The van der Waals surface area contributed by atoms with Crippen LogP contribution in [0.5, 0.6) is 0 Å². The molecule has 0 bridgehead atoms. The summed E-state index contributed by atoms with van der Waals surface area (Å²) < 4.78 is 42.7. The lowest BCUT2D eigenvalue weighted by molar-refractivity contribution is 0.103. The number of sulfone groups is 1. The third-order valence-corrected chi connectivity index (χ3v) is 4.81. The summed E-state index contributed by atoms with van der Waals surface area (Å²) in [6, 6.07) is 5.25. The molecular formula is C15H10FN3O5S. The highest BCUT2D eigenvalue weighted by Gasteiger charge is 2.23. The second kappa shape index (κ2) is 6.32. The van der Waals surface area contributed by atoms with Crippen molar-refractivity contribution in [2.24, 2.45) is 0 Å². The number of nitrogens with one attached hydrogen (secondary N) is 1. The Morgan fingerprint density at radius 2 is 2.00 bits per heavy atom. The Hall–Kier alpha value is -3.27. The number of aliphatic hydroxyl groups excluding tert-OH is 1. The summed E-state index contributed by atoms with van der Waals surface area (Å²) in [6.45, 7) is 0. The van der Waals surface area contributed by atoms with Crippen molar-refractivity contribution in [3.05, 3.63) is 66.2 Å². The van der Waals surface area contributed by atoms with Gasteiger partial charge in [-0.3, -0.25) is 9.89 Å². The van der Waals surface area contributed by atoms with E-state index in [0.717, 1.165) is 49.0 Å². The van der Waals surface area contributed by atoms with Crippen LogP contribution in [0.15, 0.2) is 63.4 Å². The van der Waals surface area contributed by atoms with Gasteiger partial charge in [-0.2, -0.15) is 5.10 Å². The van der Waals surface area contributed by atoms with Crippen molar-refractivity contribution < 1.29 is 27.1 Å². The number of hydrogen-bond donors (Lipinski definition) is 2. The minimum absolute atomic E-state index is 0.0199. The second-order valence-corrected chi connectivity index (χ2v) is 6.72. The number of carbonyl (C=O) groups is 1. The molecule has 0 spiro atoms. The van der Waals surface area contributed by atoms with E-state index < -0.39 is 32.3 Å². The molecule has 2 N–H and O–H groups in total. The van der Waals surface area contributed by atoms with Crippen LogP contribution in [0.1, 0.15) is 16.2 Å². The molecule has 0 radical (unpaired) electrons. The SMILES string of the molecule is O=C(C=C(O)c1coc(S(=O)(=O)c2ccc(F)cc2)c1)c1ncn[nH]1. The summed E-state index contributed by atoms with van der Waals surface area (Å²) in [6.07, 6.45) is 2.96. The smallest absolute Gasteiger partial charge is 0.239 e. The van der Waals surface area contributed by atoms with Crippen molar-refractivity contribution in [1.29, 1.82) is 0 Å². The quantitative estimate of drug-likeness (QED) is 0.308. The number of allylic oxidation sites excluding steroid dienone is 1. The van der Waals surface area contributed by atoms with Crippen LogP contribution < -0.4 is 0 Å². The van der Waals surface area contributed by atoms with E-state index in [1.165, 1.54) is 0 Å². The van der Waals surface area contributed by atoms with Crippen LogP contribution in [0.4, 0.5) is 4.39 Å². The van der Waals surface area contributed by atoms with Gasteiger partial charge in [-0.1, -0.05) is 0 Å². The maximum absolute atomic E-state index is 12.9. The van der Waals surface area contributed by atoms with E-state index in [1.807, 2.05) is 0 Å². The van der Waals surface area contributed by atoms with Crippen molar-refractivity contribution in [2.75, 3.05) is 0 Å². The molecule has 0 atom stereocenters. The molecule has 0 amide bonds. The maximum Gasteiger partial charge on any atom is 0.239 e. The fourth-order valence-electron chi connectivity index (χ4n) is 1.92. The Labute approximate surface area is 140 Å². The molecular weight excluding hydrogens is 353 g/mol. The monoisotopic (exact) mass is 363 g/mol. The van der Waals surface area contributed by atoms with E-state index in [2.05, 4.69) is 15.2 Å². The molecule has 0 aliphatic carbocycles. The molecule has 0 aliphatic heterocycles. The normalized spacial score (nSPS) is 12.3. The van der Waals surface area contributed by atoms with Gasteiger partial charge in [0.2, 0.25) is 20.7 Å². The number of benzene rings is 1. The Morgan fingerprint density at radius 3 is 2.64 bits per heavy atom. The average molecular weight is 363 g/mol. The first kappa shape index (κ1) is 16.6. The number of halogens is 1. The van der Waals surface area contributed by atoms with Gasteiger partial charge in [0.05, 0.1) is 10.5 Å². The number of aliphatic hydroxyl groups is 1. The van der Waals surface area contributed by atoms with Crippen molar-refractivity contribution in [3.8, 4) is 0 Å². The lowest BCUT2D eigenvalue weighted by Crippen LogP contribution is -2.00. The predicted molar refractivity (Wildman–Crippen MR) is 81.9 cm³/mol. The van der Waals surface area contributed by atoms with Crippen molar-refractivity contribution >= 4 is 21.4 Å². The molecule has 128 valence electrons. The minimum atomic E-state index is -4.03. The maximum atomic E-state index is 12.9. The van der Waals surface area contributed by atoms with Crippen LogP contribution in [0.2, 0.25) is 0 Å². The number of aromatic nitrogens is 3. The summed E-state index contributed by atoms with van der Waals surface area (Å²) in [7, 11) is -4.03. The number of carbonyl (C=O) groups excluding carboxylic acids is 1. The van der Waals surface area contributed by atoms with Crippen LogP contribution in [-0.2, 0) is 9.84 Å². The first-order valence-electron chi connectivity index (χ1n) is 6.78. The number of rotatable bonds is 5. The van der Waals surface area contributed by atoms with Crippen molar-refractivity contribution in [1.82, 2.24) is 15.2 Å². The Kier molecular flexibility index (Phi) is 4.19. The predicted octanol–water partition coefficient (Wildman–Crippen LogP) is 2.15. The molecule has 0 aliphatic rings. The molecule has 0 saturated heterocycles. The highest BCUT2D eigenvalue weighted by molar-refractivity contribution is 7.91. The summed E-state index contributed by atoms with van der Waals surface area (Å²) in [5.74, 6) is -1.83. The number of H-pyrrole nitrogens is 1. The second-order valence-electron chi connectivity index (χ2n) is 4.84. The number of nitrogens with zero attached hydrogens (tertiary/aromatic N) is 2. The number of hydrogen-bond acceptors (Lipinski definition) is 7. The van der Waals surface area contributed by atoms with Gasteiger partial charge in [0.1, 0.15) is 24.2 Å².